The van der Waals surface area contributed by atoms with Gasteiger partial charge in [0.1, 0.15) is 0 Å². The van der Waals surface area contributed by atoms with Crippen LogP contribution >= 0.6 is 11.6 Å². The first-order chi connectivity index (χ1) is 8.45. The highest BCUT2D eigenvalue weighted by atomic mass is 35.5. The number of rotatable bonds is 3. The predicted octanol–water partition coefficient (Wildman–Crippen LogP) is 3.33. The molecule has 0 aliphatic heterocycles. The Morgan fingerprint density at radius 2 is 1.33 bits per heavy atom. The SMILES string of the molecule is O=S(=O)(O)c1ccc(Nc2ccc(Cl)cc2)cc1. The van der Waals surface area contributed by atoms with Crippen LogP contribution in [0.15, 0.2) is 53.4 Å². The molecule has 0 atom stereocenters. The Labute approximate surface area is 110 Å². The third kappa shape index (κ3) is 3.22. The van der Waals surface area contributed by atoms with Crippen molar-refractivity contribution in [3.63, 3.8) is 0 Å². The number of benzene rings is 2. The van der Waals surface area contributed by atoms with E-state index >= 15 is 0 Å². The molecule has 0 aliphatic rings. The Morgan fingerprint density at radius 1 is 0.889 bits per heavy atom. The van der Waals surface area contributed by atoms with Crippen LogP contribution in [0.1, 0.15) is 0 Å². The summed E-state index contributed by atoms with van der Waals surface area (Å²) in [5.41, 5.74) is 1.55. The minimum absolute atomic E-state index is 0.135. The highest BCUT2D eigenvalue weighted by Gasteiger charge is 2.08. The van der Waals surface area contributed by atoms with Crippen LogP contribution in [0.4, 0.5) is 11.4 Å². The van der Waals surface area contributed by atoms with Crippen molar-refractivity contribution in [2.45, 2.75) is 4.90 Å². The monoisotopic (exact) mass is 283 g/mol. The second kappa shape index (κ2) is 4.97. The molecule has 4 nitrogen and oxygen atoms in total. The molecule has 94 valence electrons. The molecule has 0 heterocycles. The minimum atomic E-state index is -4.14. The lowest BCUT2D eigenvalue weighted by atomic mass is 10.3. The normalized spacial score (nSPS) is 11.2. The van der Waals surface area contributed by atoms with Crippen LogP contribution in [0, 0.1) is 0 Å². The molecule has 18 heavy (non-hydrogen) atoms. The minimum Gasteiger partial charge on any atom is -0.356 e. The number of nitrogens with one attached hydrogen (secondary N) is 1. The summed E-state index contributed by atoms with van der Waals surface area (Å²) in [5, 5.41) is 3.72. The van der Waals surface area contributed by atoms with Crippen molar-refractivity contribution >= 4 is 33.1 Å². The molecule has 0 bridgehead atoms. The molecular formula is C12H10ClNO3S. The van der Waals surface area contributed by atoms with Gasteiger partial charge in [0.2, 0.25) is 0 Å². The maximum absolute atomic E-state index is 10.9. The Bertz CT molecular complexity index is 636. The molecule has 0 unspecified atom stereocenters. The lowest BCUT2D eigenvalue weighted by molar-refractivity contribution is 0.483. The van der Waals surface area contributed by atoms with Gasteiger partial charge in [-0.15, -0.1) is 0 Å². The summed E-state index contributed by atoms with van der Waals surface area (Å²) in [7, 11) is -4.14. The van der Waals surface area contributed by atoms with E-state index in [4.69, 9.17) is 16.2 Å². The molecule has 6 heteroatoms. The van der Waals surface area contributed by atoms with E-state index < -0.39 is 10.1 Å². The van der Waals surface area contributed by atoms with E-state index in [0.717, 1.165) is 5.69 Å². The van der Waals surface area contributed by atoms with Crippen LogP contribution in [0.5, 0.6) is 0 Å². The Morgan fingerprint density at radius 3 is 1.78 bits per heavy atom. The van der Waals surface area contributed by atoms with Crippen LogP contribution in [-0.4, -0.2) is 13.0 Å². The lowest BCUT2D eigenvalue weighted by Gasteiger charge is -2.06. The molecule has 0 saturated heterocycles. The average Bonchev–Trinajstić information content (AvgIpc) is 2.32. The summed E-state index contributed by atoms with van der Waals surface area (Å²) < 4.78 is 30.6. The van der Waals surface area contributed by atoms with E-state index in [2.05, 4.69) is 5.32 Å². The van der Waals surface area contributed by atoms with Crippen LogP contribution in [-0.2, 0) is 10.1 Å². The maximum Gasteiger partial charge on any atom is 0.294 e. The molecule has 2 aromatic carbocycles. The third-order valence-corrected chi connectivity index (χ3v) is 3.40. The number of halogens is 1. The van der Waals surface area contributed by atoms with E-state index in [1.54, 1.807) is 36.4 Å². The van der Waals surface area contributed by atoms with Gasteiger partial charge in [0, 0.05) is 16.4 Å². The molecule has 2 rings (SSSR count). The molecule has 0 aliphatic carbocycles. The van der Waals surface area contributed by atoms with Crippen LogP contribution in [0.2, 0.25) is 5.02 Å². The smallest absolute Gasteiger partial charge is 0.294 e. The standard InChI is InChI=1S/C12H10ClNO3S/c13-9-1-3-10(4-2-9)14-11-5-7-12(8-6-11)18(15,16)17/h1-8,14H,(H,15,16,17). The van der Waals surface area contributed by atoms with Gasteiger partial charge >= 0.3 is 0 Å². The molecule has 2 N–H and O–H groups in total. The van der Waals surface area contributed by atoms with Crippen LogP contribution < -0.4 is 5.32 Å². The zero-order chi connectivity index (χ0) is 13.2. The summed E-state index contributed by atoms with van der Waals surface area (Å²) in [6.07, 6.45) is 0. The quantitative estimate of drug-likeness (QED) is 0.848. The van der Waals surface area contributed by atoms with Crippen molar-refractivity contribution in [2.75, 3.05) is 5.32 Å². The molecule has 0 fully saturated rings. The first-order valence-corrected chi connectivity index (χ1v) is 6.87. The molecule has 2 aromatic rings. The summed E-state index contributed by atoms with van der Waals surface area (Å²) in [6, 6.07) is 12.9. The third-order valence-electron chi connectivity index (χ3n) is 2.29. The molecule has 0 spiro atoms. The summed E-state index contributed by atoms with van der Waals surface area (Å²) >= 11 is 5.76. The highest BCUT2D eigenvalue weighted by Crippen LogP contribution is 2.20. The number of hydrogen-bond donors (Lipinski definition) is 2. The van der Waals surface area contributed by atoms with Crippen LogP contribution in [0.25, 0.3) is 0 Å². The molecule has 0 radical (unpaired) electrons. The van der Waals surface area contributed by atoms with Crippen molar-refractivity contribution in [3.8, 4) is 0 Å². The summed E-state index contributed by atoms with van der Waals surface area (Å²) in [5.74, 6) is 0. The second-order valence-corrected chi connectivity index (χ2v) is 5.49. The van der Waals surface area contributed by atoms with Gasteiger partial charge in [-0.25, -0.2) is 0 Å². The highest BCUT2D eigenvalue weighted by molar-refractivity contribution is 7.85. The molecule has 0 saturated carbocycles. The first kappa shape index (κ1) is 12.9. The Balaban J connectivity index is 2.18. The molecule has 0 aromatic heterocycles. The van der Waals surface area contributed by atoms with Crippen molar-refractivity contribution in [3.05, 3.63) is 53.6 Å². The van der Waals surface area contributed by atoms with Gasteiger partial charge < -0.3 is 5.32 Å². The summed E-state index contributed by atoms with van der Waals surface area (Å²) in [4.78, 5) is -0.135. The van der Waals surface area contributed by atoms with Gasteiger partial charge in [-0.2, -0.15) is 8.42 Å². The fraction of sp³-hybridized carbons (Fsp3) is 0. The second-order valence-electron chi connectivity index (χ2n) is 3.63. The topological polar surface area (TPSA) is 66.4 Å². The van der Waals surface area contributed by atoms with Gasteiger partial charge in [-0.1, -0.05) is 11.6 Å². The van der Waals surface area contributed by atoms with Gasteiger partial charge in [-0.3, -0.25) is 4.55 Å². The van der Waals surface area contributed by atoms with Gasteiger partial charge in [0.25, 0.3) is 10.1 Å². The largest absolute Gasteiger partial charge is 0.356 e. The zero-order valence-corrected chi connectivity index (χ0v) is 10.7. The lowest BCUT2D eigenvalue weighted by Crippen LogP contribution is -1.98. The fourth-order valence-corrected chi connectivity index (χ4v) is 2.02. The van der Waals surface area contributed by atoms with Crippen molar-refractivity contribution in [1.29, 1.82) is 0 Å². The van der Waals surface area contributed by atoms with Gasteiger partial charge in [0.05, 0.1) is 4.90 Å². The number of anilines is 2. The van der Waals surface area contributed by atoms with E-state index in [-0.39, 0.29) is 4.90 Å². The van der Waals surface area contributed by atoms with Crippen LogP contribution in [0.3, 0.4) is 0 Å². The van der Waals surface area contributed by atoms with E-state index in [1.807, 2.05) is 0 Å². The fourth-order valence-electron chi connectivity index (χ4n) is 1.41. The predicted molar refractivity (Wildman–Crippen MR) is 71.0 cm³/mol. The van der Waals surface area contributed by atoms with Crippen molar-refractivity contribution in [1.82, 2.24) is 0 Å². The Hall–Kier alpha value is -1.56. The number of hydrogen-bond acceptors (Lipinski definition) is 3. The van der Waals surface area contributed by atoms with E-state index in [1.165, 1.54) is 12.1 Å². The first-order valence-electron chi connectivity index (χ1n) is 5.05. The van der Waals surface area contributed by atoms with E-state index in [0.29, 0.717) is 10.7 Å². The summed E-state index contributed by atoms with van der Waals surface area (Å²) in [6.45, 7) is 0. The molecular weight excluding hydrogens is 274 g/mol. The van der Waals surface area contributed by atoms with Gasteiger partial charge in [0.15, 0.2) is 0 Å². The van der Waals surface area contributed by atoms with Gasteiger partial charge in [-0.05, 0) is 48.5 Å². The average molecular weight is 284 g/mol. The van der Waals surface area contributed by atoms with Crippen molar-refractivity contribution in [2.24, 2.45) is 0 Å². The maximum atomic E-state index is 10.9. The zero-order valence-electron chi connectivity index (χ0n) is 9.17. The Kier molecular flexibility index (Phi) is 3.56. The van der Waals surface area contributed by atoms with Crippen molar-refractivity contribution < 1.29 is 13.0 Å². The molecule has 0 amide bonds. The van der Waals surface area contributed by atoms with E-state index in [9.17, 15) is 8.42 Å².